The van der Waals surface area contributed by atoms with Gasteiger partial charge in [-0.25, -0.2) is 9.97 Å². The van der Waals surface area contributed by atoms with Crippen molar-refractivity contribution in [2.45, 2.75) is 0 Å². The maximum Gasteiger partial charge on any atom is 0.0985 e. The maximum absolute atomic E-state index is 5.59. The van der Waals surface area contributed by atoms with Gasteiger partial charge in [0, 0.05) is 22.3 Å². The summed E-state index contributed by atoms with van der Waals surface area (Å²) in [6.45, 7) is 0. The molecule has 1 aromatic heterocycles. The van der Waals surface area contributed by atoms with Gasteiger partial charge in [0.2, 0.25) is 0 Å². The Hall–Kier alpha value is -5.86. The second-order valence-electron chi connectivity index (χ2n) is 11.0. The zero-order chi connectivity index (χ0) is 29.3. The summed E-state index contributed by atoms with van der Waals surface area (Å²) in [5.74, 6) is 0. The minimum absolute atomic E-state index is 0.871. The molecule has 44 heavy (non-hydrogen) atoms. The van der Waals surface area contributed by atoms with Crippen LogP contribution in [0.25, 0.3) is 77.7 Å². The fourth-order valence-electron chi connectivity index (χ4n) is 6.21. The van der Waals surface area contributed by atoms with E-state index in [1.165, 1.54) is 16.3 Å². The zero-order valence-corrected chi connectivity index (χ0v) is 24.1. The molecule has 0 radical (unpaired) electrons. The Balaban J connectivity index is 1.58. The molecular formula is C42H28N2. The van der Waals surface area contributed by atoms with Crippen molar-refractivity contribution in [2.75, 3.05) is 0 Å². The largest absolute Gasteiger partial charge is 0.243 e. The Bertz CT molecular complexity index is 2240. The maximum atomic E-state index is 5.59. The predicted molar refractivity (Wildman–Crippen MR) is 184 cm³/mol. The highest BCUT2D eigenvalue weighted by atomic mass is 14.8. The Labute approximate surface area is 257 Å². The van der Waals surface area contributed by atoms with E-state index in [2.05, 4.69) is 158 Å². The average Bonchev–Trinajstić information content (AvgIpc) is 3.11. The highest BCUT2D eigenvalue weighted by Gasteiger charge is 2.23. The molecule has 0 unspecified atom stereocenters. The van der Waals surface area contributed by atoms with E-state index in [1.54, 1.807) is 0 Å². The standard InChI is InChI=1S/C42H28N2/c1-5-16-30(17-6-1)36-28-37(35-27-15-25-29-18-13-14-26-34(29)35)38(31-19-7-2-8-20-31)42-41(36)43-39(32-21-9-3-10-22-32)40(44-42)33-23-11-4-12-24-33/h1-28H. The average molecular weight is 561 g/mol. The van der Waals surface area contributed by atoms with E-state index in [4.69, 9.17) is 9.97 Å². The lowest BCUT2D eigenvalue weighted by atomic mass is 9.87. The van der Waals surface area contributed by atoms with E-state index in [1.807, 2.05) is 12.1 Å². The van der Waals surface area contributed by atoms with Crippen LogP contribution < -0.4 is 0 Å². The summed E-state index contributed by atoms with van der Waals surface area (Å²) in [6.07, 6.45) is 0. The first-order valence-electron chi connectivity index (χ1n) is 14.9. The van der Waals surface area contributed by atoms with Gasteiger partial charge in [-0.2, -0.15) is 0 Å². The summed E-state index contributed by atoms with van der Waals surface area (Å²) in [7, 11) is 0. The topological polar surface area (TPSA) is 25.8 Å². The Kier molecular flexibility index (Phi) is 6.51. The summed E-state index contributed by atoms with van der Waals surface area (Å²) in [5, 5.41) is 2.42. The minimum atomic E-state index is 0.871. The van der Waals surface area contributed by atoms with Gasteiger partial charge in [-0.15, -0.1) is 0 Å². The summed E-state index contributed by atoms with van der Waals surface area (Å²) in [6, 6.07) is 59.5. The second kappa shape index (κ2) is 11.1. The van der Waals surface area contributed by atoms with Gasteiger partial charge in [-0.3, -0.25) is 0 Å². The Morgan fingerprint density at radius 2 is 0.795 bits per heavy atom. The molecule has 1 heterocycles. The molecule has 0 N–H and O–H groups in total. The number of nitrogens with zero attached hydrogens (tertiary/aromatic N) is 2. The Morgan fingerprint density at radius 3 is 1.41 bits per heavy atom. The monoisotopic (exact) mass is 560 g/mol. The third-order valence-corrected chi connectivity index (χ3v) is 8.27. The molecule has 0 atom stereocenters. The summed E-state index contributed by atoms with van der Waals surface area (Å²) < 4.78 is 0. The fraction of sp³-hybridized carbons (Fsp3) is 0. The van der Waals surface area contributed by atoms with E-state index >= 15 is 0 Å². The van der Waals surface area contributed by atoms with Crippen molar-refractivity contribution in [2.24, 2.45) is 0 Å². The lowest BCUT2D eigenvalue weighted by molar-refractivity contribution is 1.29. The molecule has 2 nitrogen and oxygen atoms in total. The van der Waals surface area contributed by atoms with Crippen LogP contribution in [0.5, 0.6) is 0 Å². The first kappa shape index (κ1) is 25.8. The van der Waals surface area contributed by atoms with E-state index in [-0.39, 0.29) is 0 Å². The quantitative estimate of drug-likeness (QED) is 0.209. The molecule has 0 fully saturated rings. The van der Waals surface area contributed by atoms with Crippen molar-refractivity contribution in [3.63, 3.8) is 0 Å². The molecule has 0 bridgehead atoms. The third kappa shape index (κ3) is 4.54. The van der Waals surface area contributed by atoms with Crippen LogP contribution in [0.1, 0.15) is 0 Å². The molecule has 0 spiro atoms. The van der Waals surface area contributed by atoms with Gasteiger partial charge in [-0.1, -0.05) is 164 Å². The van der Waals surface area contributed by atoms with E-state index in [0.29, 0.717) is 0 Å². The van der Waals surface area contributed by atoms with Gasteiger partial charge in [0.15, 0.2) is 0 Å². The first-order valence-corrected chi connectivity index (χ1v) is 14.9. The van der Waals surface area contributed by atoms with Crippen LogP contribution in [-0.2, 0) is 0 Å². The molecular weight excluding hydrogens is 532 g/mol. The van der Waals surface area contributed by atoms with Crippen LogP contribution in [-0.4, -0.2) is 9.97 Å². The minimum Gasteiger partial charge on any atom is -0.243 e. The molecule has 0 aliphatic heterocycles. The lowest BCUT2D eigenvalue weighted by Gasteiger charge is -2.20. The molecule has 0 saturated heterocycles. The van der Waals surface area contributed by atoms with Crippen molar-refractivity contribution in [1.82, 2.24) is 9.97 Å². The van der Waals surface area contributed by atoms with Crippen LogP contribution in [0.4, 0.5) is 0 Å². The third-order valence-electron chi connectivity index (χ3n) is 8.27. The van der Waals surface area contributed by atoms with Crippen LogP contribution in [0.3, 0.4) is 0 Å². The number of hydrogen-bond acceptors (Lipinski definition) is 2. The molecule has 2 heteroatoms. The van der Waals surface area contributed by atoms with Gasteiger partial charge >= 0.3 is 0 Å². The molecule has 0 saturated carbocycles. The van der Waals surface area contributed by atoms with Gasteiger partial charge in [0.1, 0.15) is 0 Å². The van der Waals surface area contributed by atoms with Crippen LogP contribution in [0, 0.1) is 0 Å². The van der Waals surface area contributed by atoms with Gasteiger partial charge in [-0.05, 0) is 39.1 Å². The number of fused-ring (bicyclic) bond motifs is 2. The molecule has 0 amide bonds. The second-order valence-corrected chi connectivity index (χ2v) is 11.0. The van der Waals surface area contributed by atoms with E-state index in [9.17, 15) is 0 Å². The van der Waals surface area contributed by atoms with Gasteiger partial charge in [0.25, 0.3) is 0 Å². The number of aromatic nitrogens is 2. The molecule has 8 rings (SSSR count). The predicted octanol–water partition coefficient (Wildman–Crippen LogP) is 11.1. The van der Waals surface area contributed by atoms with Crippen molar-refractivity contribution in [3.05, 3.63) is 170 Å². The van der Waals surface area contributed by atoms with Crippen molar-refractivity contribution in [1.29, 1.82) is 0 Å². The first-order chi connectivity index (χ1) is 21.8. The number of hydrogen-bond donors (Lipinski definition) is 0. The summed E-state index contributed by atoms with van der Waals surface area (Å²) in [5.41, 5.74) is 12.3. The smallest absolute Gasteiger partial charge is 0.0985 e. The summed E-state index contributed by atoms with van der Waals surface area (Å²) in [4.78, 5) is 11.1. The van der Waals surface area contributed by atoms with E-state index < -0.39 is 0 Å². The van der Waals surface area contributed by atoms with Gasteiger partial charge < -0.3 is 0 Å². The van der Waals surface area contributed by atoms with Gasteiger partial charge in [0.05, 0.1) is 22.4 Å². The molecule has 0 aliphatic carbocycles. The van der Waals surface area contributed by atoms with Crippen LogP contribution in [0.2, 0.25) is 0 Å². The highest BCUT2D eigenvalue weighted by molar-refractivity contribution is 6.12. The summed E-state index contributed by atoms with van der Waals surface area (Å²) >= 11 is 0. The Morgan fingerprint density at radius 1 is 0.318 bits per heavy atom. The van der Waals surface area contributed by atoms with Crippen LogP contribution >= 0.6 is 0 Å². The highest BCUT2D eigenvalue weighted by Crippen LogP contribution is 2.45. The number of rotatable bonds is 5. The number of benzene rings is 7. The molecule has 8 aromatic rings. The van der Waals surface area contributed by atoms with E-state index in [0.717, 1.165) is 61.4 Å². The molecule has 206 valence electrons. The van der Waals surface area contributed by atoms with Crippen molar-refractivity contribution < 1.29 is 0 Å². The van der Waals surface area contributed by atoms with Crippen molar-refractivity contribution >= 4 is 21.8 Å². The fourth-order valence-corrected chi connectivity index (χ4v) is 6.21. The van der Waals surface area contributed by atoms with Crippen LogP contribution in [0.15, 0.2) is 170 Å². The molecule has 0 aliphatic rings. The SMILES string of the molecule is c1ccc(-c2nc3c(-c4ccccc4)cc(-c4cccc5ccccc45)c(-c4ccccc4)c3nc2-c2ccccc2)cc1. The lowest BCUT2D eigenvalue weighted by Crippen LogP contribution is -2.00. The normalized spacial score (nSPS) is 11.2. The van der Waals surface area contributed by atoms with Crippen molar-refractivity contribution in [3.8, 4) is 55.9 Å². The zero-order valence-electron chi connectivity index (χ0n) is 24.1. The molecule has 7 aromatic carbocycles.